The van der Waals surface area contributed by atoms with Crippen LogP contribution in [0, 0.1) is 12.8 Å². The first-order valence-corrected chi connectivity index (χ1v) is 11.9. The van der Waals surface area contributed by atoms with Gasteiger partial charge in [-0.15, -0.1) is 0 Å². The summed E-state index contributed by atoms with van der Waals surface area (Å²) in [5.74, 6) is -1.86. The quantitative estimate of drug-likeness (QED) is 0.485. The molecular formula is C24H26F3N7O2. The van der Waals surface area contributed by atoms with Crippen LogP contribution in [0.3, 0.4) is 0 Å². The minimum atomic E-state index is -4.47. The van der Waals surface area contributed by atoms with Gasteiger partial charge in [-0.3, -0.25) is 20.1 Å². The number of H-pyrrole nitrogens is 1. The van der Waals surface area contributed by atoms with Crippen LogP contribution in [0.5, 0.6) is 0 Å². The first-order chi connectivity index (χ1) is 17.2. The molecule has 0 unspecified atom stereocenters. The van der Waals surface area contributed by atoms with Crippen molar-refractivity contribution in [2.24, 2.45) is 5.92 Å². The number of halogens is 3. The van der Waals surface area contributed by atoms with Crippen molar-refractivity contribution in [2.45, 2.75) is 51.7 Å². The number of urea groups is 1. The Hall–Kier alpha value is -3.70. The maximum atomic E-state index is 13.5. The van der Waals surface area contributed by atoms with Crippen molar-refractivity contribution in [2.75, 3.05) is 28.2 Å². The molecule has 0 radical (unpaired) electrons. The van der Waals surface area contributed by atoms with Gasteiger partial charge in [-0.2, -0.15) is 18.3 Å². The van der Waals surface area contributed by atoms with Crippen molar-refractivity contribution < 1.29 is 22.8 Å². The number of aryl methyl sites for hydroxylation is 1. The van der Waals surface area contributed by atoms with E-state index in [1.54, 1.807) is 6.07 Å². The third-order valence-corrected chi connectivity index (χ3v) is 6.87. The van der Waals surface area contributed by atoms with Crippen molar-refractivity contribution in [1.29, 1.82) is 0 Å². The Labute approximate surface area is 205 Å². The number of nitrogens with zero attached hydrogens (tertiary/aromatic N) is 5. The molecule has 3 aromatic rings. The number of fused-ring (bicyclic) bond motifs is 5. The molecule has 0 aromatic carbocycles. The van der Waals surface area contributed by atoms with E-state index in [4.69, 9.17) is 0 Å². The number of nitrogens with one attached hydrogen (secondary N) is 2. The van der Waals surface area contributed by atoms with Crippen molar-refractivity contribution >= 4 is 40.2 Å². The summed E-state index contributed by atoms with van der Waals surface area (Å²) in [6.45, 7) is 4.63. The molecule has 5 rings (SSSR count). The maximum Gasteiger partial charge on any atom is 0.392 e. The lowest BCUT2D eigenvalue weighted by Crippen LogP contribution is -2.56. The minimum Gasteiger partial charge on any atom is -0.366 e. The summed E-state index contributed by atoms with van der Waals surface area (Å²) in [4.78, 5) is 38.7. The van der Waals surface area contributed by atoms with Gasteiger partial charge in [0.15, 0.2) is 23.1 Å². The second-order valence-corrected chi connectivity index (χ2v) is 9.28. The monoisotopic (exact) mass is 501 g/mol. The first-order valence-electron chi connectivity index (χ1n) is 11.9. The van der Waals surface area contributed by atoms with Gasteiger partial charge in [0.1, 0.15) is 5.69 Å². The summed E-state index contributed by atoms with van der Waals surface area (Å²) in [6, 6.07) is 6.06. The number of hydrogen-bond donors (Lipinski definition) is 2. The Balaban J connectivity index is 1.47. The highest BCUT2D eigenvalue weighted by Gasteiger charge is 2.41. The van der Waals surface area contributed by atoms with E-state index in [-0.39, 0.29) is 24.0 Å². The van der Waals surface area contributed by atoms with Crippen LogP contribution in [0.15, 0.2) is 24.3 Å². The van der Waals surface area contributed by atoms with E-state index >= 15 is 0 Å². The molecule has 0 saturated carbocycles. The summed E-state index contributed by atoms with van der Waals surface area (Å²) in [7, 11) is 0. The summed E-state index contributed by atoms with van der Waals surface area (Å²) in [5, 5.41) is 10.5. The number of alkyl halides is 3. The van der Waals surface area contributed by atoms with Gasteiger partial charge in [-0.1, -0.05) is 6.92 Å². The normalized spacial score (nSPS) is 18.2. The molecule has 2 aliphatic rings. The van der Waals surface area contributed by atoms with E-state index in [0.717, 1.165) is 25.1 Å². The van der Waals surface area contributed by atoms with Crippen LogP contribution in [0.1, 0.15) is 48.8 Å². The van der Waals surface area contributed by atoms with Crippen LogP contribution >= 0.6 is 0 Å². The summed E-state index contributed by atoms with van der Waals surface area (Å²) in [5.41, 5.74) is 1.92. The zero-order chi connectivity index (χ0) is 25.6. The fraction of sp³-hybridized carbons (Fsp3) is 0.458. The smallest absolute Gasteiger partial charge is 0.366 e. The van der Waals surface area contributed by atoms with Gasteiger partial charge >= 0.3 is 12.2 Å². The topological polar surface area (TPSA) is 107 Å². The van der Waals surface area contributed by atoms with Crippen LogP contribution in [0.2, 0.25) is 0 Å². The Bertz CT molecular complexity index is 1320. The minimum absolute atomic E-state index is 0.0830. The summed E-state index contributed by atoms with van der Waals surface area (Å²) < 4.78 is 39.8. The highest BCUT2D eigenvalue weighted by atomic mass is 19.4. The van der Waals surface area contributed by atoms with Gasteiger partial charge in [-0.05, 0) is 50.5 Å². The molecule has 1 fully saturated rings. The molecule has 2 amide bonds. The fourth-order valence-corrected chi connectivity index (χ4v) is 4.92. The molecular weight excluding hydrogens is 475 g/mol. The summed E-state index contributed by atoms with van der Waals surface area (Å²) in [6.07, 6.45) is -3.75. The SMILES string of the molecule is CC[C@H](CC(=O)c1ccc2c(n1)N(C(=O)Nc1n[nH]c3nc(C)ccc13)[C@H]1CCCN2C1)C(F)(F)F. The molecule has 9 nitrogen and oxygen atoms in total. The molecule has 0 aliphatic carbocycles. The lowest BCUT2D eigenvalue weighted by Gasteiger charge is -2.45. The van der Waals surface area contributed by atoms with Crippen LogP contribution < -0.4 is 15.1 Å². The zero-order valence-electron chi connectivity index (χ0n) is 19.9. The largest absolute Gasteiger partial charge is 0.392 e. The molecule has 2 N–H and O–H groups in total. The molecule has 1 saturated heterocycles. The van der Waals surface area contributed by atoms with Gasteiger partial charge in [0.05, 0.1) is 23.0 Å². The van der Waals surface area contributed by atoms with Crippen molar-refractivity contribution in [1.82, 2.24) is 20.2 Å². The maximum absolute atomic E-state index is 13.5. The zero-order valence-corrected chi connectivity index (χ0v) is 19.9. The molecule has 5 heterocycles. The Kier molecular flexibility index (Phi) is 6.05. The number of carbonyl (C=O) groups excluding carboxylic acids is 2. The first kappa shape index (κ1) is 24.0. The number of pyridine rings is 2. The standard InChI is InChI=1S/C24H26F3N7O2/c1-3-14(24(25,26)27)11-19(35)17-8-9-18-22(29-17)34(15-5-4-10-33(18)12-15)23(36)30-21-16-7-6-13(2)28-20(16)31-32-21/h6-9,14-15H,3-5,10-12H2,1-2H3,(H2,28,30,31,32,36)/t14-,15+/m1/s1. The van der Waals surface area contributed by atoms with Crippen LogP contribution in [0.25, 0.3) is 11.0 Å². The second kappa shape index (κ2) is 9.07. The van der Waals surface area contributed by atoms with Gasteiger partial charge < -0.3 is 4.90 Å². The van der Waals surface area contributed by atoms with Crippen LogP contribution in [-0.4, -0.2) is 57.3 Å². The second-order valence-electron chi connectivity index (χ2n) is 9.28. The fourth-order valence-electron chi connectivity index (χ4n) is 4.92. The number of aromatic amines is 1. The number of carbonyl (C=O) groups is 2. The molecule has 2 atom stereocenters. The van der Waals surface area contributed by atoms with Crippen LogP contribution in [-0.2, 0) is 0 Å². The predicted molar refractivity (Wildman–Crippen MR) is 128 cm³/mol. The van der Waals surface area contributed by atoms with Crippen LogP contribution in [0.4, 0.5) is 35.3 Å². The van der Waals surface area contributed by atoms with E-state index in [9.17, 15) is 22.8 Å². The molecule has 3 aromatic heterocycles. The highest BCUT2D eigenvalue weighted by Crippen LogP contribution is 2.39. The Morgan fingerprint density at radius 1 is 1.22 bits per heavy atom. The third-order valence-electron chi connectivity index (χ3n) is 6.87. The van der Waals surface area contributed by atoms with E-state index < -0.39 is 30.3 Å². The molecule has 12 heteroatoms. The number of Topliss-reactive ketones (excluding diaryl/α,β-unsaturated/α-hetero) is 1. The molecule has 2 bridgehead atoms. The average molecular weight is 502 g/mol. The number of hydrogen-bond acceptors (Lipinski definition) is 6. The van der Waals surface area contributed by atoms with E-state index in [0.29, 0.717) is 29.1 Å². The van der Waals surface area contributed by atoms with Crippen molar-refractivity contribution in [3.63, 3.8) is 0 Å². The Morgan fingerprint density at radius 3 is 2.78 bits per heavy atom. The third kappa shape index (κ3) is 4.35. The number of piperidine rings is 1. The molecule has 36 heavy (non-hydrogen) atoms. The van der Waals surface area contributed by atoms with Crippen molar-refractivity contribution in [3.05, 3.63) is 35.7 Å². The molecule has 190 valence electrons. The number of rotatable bonds is 5. The van der Waals surface area contributed by atoms with Gasteiger partial charge in [0, 0.05) is 25.2 Å². The van der Waals surface area contributed by atoms with Gasteiger partial charge in [0.25, 0.3) is 0 Å². The molecule has 2 aliphatic heterocycles. The number of amides is 2. The van der Waals surface area contributed by atoms with Gasteiger partial charge in [0.2, 0.25) is 0 Å². The lowest BCUT2D eigenvalue weighted by atomic mass is 9.96. The van der Waals surface area contributed by atoms with E-state index in [1.807, 2.05) is 19.1 Å². The average Bonchev–Trinajstić information content (AvgIpc) is 3.23. The predicted octanol–water partition coefficient (Wildman–Crippen LogP) is 4.84. The van der Waals surface area contributed by atoms with Crippen molar-refractivity contribution in [3.8, 4) is 0 Å². The number of anilines is 3. The lowest BCUT2D eigenvalue weighted by molar-refractivity contribution is -0.174. The highest BCUT2D eigenvalue weighted by molar-refractivity contribution is 6.07. The van der Waals surface area contributed by atoms with Gasteiger partial charge in [-0.25, -0.2) is 14.8 Å². The Morgan fingerprint density at radius 2 is 2.03 bits per heavy atom. The van der Waals surface area contributed by atoms with E-state index in [2.05, 4.69) is 30.4 Å². The number of ketones is 1. The number of aromatic nitrogens is 4. The molecule has 0 spiro atoms. The van der Waals surface area contributed by atoms with E-state index in [1.165, 1.54) is 17.9 Å². The summed E-state index contributed by atoms with van der Waals surface area (Å²) >= 11 is 0.